The van der Waals surface area contributed by atoms with Gasteiger partial charge in [-0.25, -0.2) is 4.98 Å². The third kappa shape index (κ3) is 2.83. The van der Waals surface area contributed by atoms with E-state index in [1.807, 2.05) is 12.1 Å². The maximum absolute atomic E-state index is 4.56. The van der Waals surface area contributed by atoms with Crippen molar-refractivity contribution in [1.82, 2.24) is 4.98 Å². The van der Waals surface area contributed by atoms with E-state index in [4.69, 9.17) is 0 Å². The van der Waals surface area contributed by atoms with Gasteiger partial charge in [0.05, 0.1) is 10.7 Å². The van der Waals surface area contributed by atoms with Gasteiger partial charge in [-0.2, -0.15) is 12.6 Å². The standard InChI is InChI=1S/C11H10BrNS2/c12-9-3-1-2-8(6-9)10-7-15-11(13-10)4-5-14/h1-3,6-7,14H,4-5H2. The molecule has 0 amide bonds. The molecule has 0 saturated heterocycles. The first-order valence-electron chi connectivity index (χ1n) is 4.61. The molecular formula is C11H10BrNS2. The number of benzene rings is 1. The number of halogens is 1. The quantitative estimate of drug-likeness (QED) is 0.844. The Bertz CT molecular complexity index is 453. The van der Waals surface area contributed by atoms with Crippen LogP contribution >= 0.6 is 39.9 Å². The molecule has 2 rings (SSSR count). The monoisotopic (exact) mass is 299 g/mol. The van der Waals surface area contributed by atoms with Crippen molar-refractivity contribution in [2.24, 2.45) is 0 Å². The zero-order chi connectivity index (χ0) is 10.7. The fourth-order valence-electron chi connectivity index (χ4n) is 1.30. The summed E-state index contributed by atoms with van der Waals surface area (Å²) in [6.45, 7) is 0. The molecule has 0 bridgehead atoms. The van der Waals surface area contributed by atoms with Crippen LogP contribution in [0.2, 0.25) is 0 Å². The summed E-state index contributed by atoms with van der Waals surface area (Å²) in [5, 5.41) is 3.25. The van der Waals surface area contributed by atoms with Crippen LogP contribution in [0.25, 0.3) is 11.3 Å². The number of aryl methyl sites for hydroxylation is 1. The summed E-state index contributed by atoms with van der Waals surface area (Å²) in [4.78, 5) is 4.56. The first-order chi connectivity index (χ1) is 7.29. The Kier molecular flexibility index (Phi) is 3.83. The number of hydrogen-bond donors (Lipinski definition) is 1. The first kappa shape index (κ1) is 11.2. The molecule has 0 fully saturated rings. The van der Waals surface area contributed by atoms with Gasteiger partial charge in [0.25, 0.3) is 0 Å². The minimum atomic E-state index is 0.853. The first-order valence-corrected chi connectivity index (χ1v) is 6.91. The van der Waals surface area contributed by atoms with Gasteiger partial charge >= 0.3 is 0 Å². The Labute approximate surface area is 107 Å². The normalized spacial score (nSPS) is 10.5. The molecule has 1 heterocycles. The fraction of sp³-hybridized carbons (Fsp3) is 0.182. The lowest BCUT2D eigenvalue weighted by atomic mass is 10.2. The van der Waals surface area contributed by atoms with Crippen molar-refractivity contribution in [1.29, 1.82) is 0 Å². The average molecular weight is 300 g/mol. The van der Waals surface area contributed by atoms with E-state index < -0.39 is 0 Å². The Balaban J connectivity index is 2.29. The number of rotatable bonds is 3. The molecule has 15 heavy (non-hydrogen) atoms. The van der Waals surface area contributed by atoms with Gasteiger partial charge < -0.3 is 0 Å². The zero-order valence-electron chi connectivity index (χ0n) is 7.98. The topological polar surface area (TPSA) is 12.9 Å². The third-order valence-corrected chi connectivity index (χ3v) is 3.62. The zero-order valence-corrected chi connectivity index (χ0v) is 11.3. The lowest BCUT2D eigenvalue weighted by molar-refractivity contribution is 1.11. The molecule has 0 aliphatic heterocycles. The van der Waals surface area contributed by atoms with Crippen molar-refractivity contribution < 1.29 is 0 Å². The second-order valence-corrected chi connectivity index (χ2v) is 5.42. The van der Waals surface area contributed by atoms with E-state index >= 15 is 0 Å². The summed E-state index contributed by atoms with van der Waals surface area (Å²) in [7, 11) is 0. The molecule has 0 saturated carbocycles. The molecule has 0 N–H and O–H groups in total. The van der Waals surface area contributed by atoms with Crippen molar-refractivity contribution in [2.45, 2.75) is 6.42 Å². The van der Waals surface area contributed by atoms with Crippen LogP contribution in [0.3, 0.4) is 0 Å². The summed E-state index contributed by atoms with van der Waals surface area (Å²) >= 11 is 9.36. The highest BCUT2D eigenvalue weighted by Gasteiger charge is 2.03. The molecule has 0 aliphatic carbocycles. The molecular weight excluding hydrogens is 290 g/mol. The molecule has 0 aliphatic rings. The Morgan fingerprint density at radius 3 is 3.00 bits per heavy atom. The van der Waals surface area contributed by atoms with Gasteiger partial charge in [0.2, 0.25) is 0 Å². The van der Waals surface area contributed by atoms with Crippen molar-refractivity contribution >= 4 is 39.9 Å². The molecule has 1 aromatic heterocycles. The molecule has 0 radical (unpaired) electrons. The lowest BCUT2D eigenvalue weighted by Crippen LogP contribution is -1.84. The van der Waals surface area contributed by atoms with Crippen molar-refractivity contribution in [3.63, 3.8) is 0 Å². The molecule has 0 spiro atoms. The molecule has 1 aromatic carbocycles. The van der Waals surface area contributed by atoms with E-state index in [9.17, 15) is 0 Å². The second-order valence-electron chi connectivity index (χ2n) is 3.11. The predicted molar refractivity (Wildman–Crippen MR) is 72.8 cm³/mol. The number of nitrogens with zero attached hydrogens (tertiary/aromatic N) is 1. The van der Waals surface area contributed by atoms with Crippen LogP contribution in [0.5, 0.6) is 0 Å². The predicted octanol–water partition coefficient (Wildman–Crippen LogP) is 4.04. The minimum absolute atomic E-state index is 0.853. The SMILES string of the molecule is SCCc1nc(-c2cccc(Br)c2)cs1. The van der Waals surface area contributed by atoms with Crippen LogP contribution in [0, 0.1) is 0 Å². The highest BCUT2D eigenvalue weighted by atomic mass is 79.9. The third-order valence-electron chi connectivity index (χ3n) is 2.00. The van der Waals surface area contributed by atoms with Crippen molar-refractivity contribution in [3.8, 4) is 11.3 Å². The second kappa shape index (κ2) is 5.14. The van der Waals surface area contributed by atoms with Gasteiger partial charge in [0.15, 0.2) is 0 Å². The van der Waals surface area contributed by atoms with E-state index in [1.165, 1.54) is 0 Å². The molecule has 0 atom stereocenters. The van der Waals surface area contributed by atoms with Gasteiger partial charge in [-0.3, -0.25) is 0 Å². The van der Waals surface area contributed by atoms with Gasteiger partial charge in [-0.1, -0.05) is 28.1 Å². The number of thiazole rings is 1. The van der Waals surface area contributed by atoms with E-state index in [2.05, 4.69) is 51.1 Å². The van der Waals surface area contributed by atoms with Crippen LogP contribution in [0.15, 0.2) is 34.1 Å². The van der Waals surface area contributed by atoms with Gasteiger partial charge in [0.1, 0.15) is 0 Å². The Morgan fingerprint density at radius 2 is 2.27 bits per heavy atom. The van der Waals surface area contributed by atoms with E-state index in [0.717, 1.165) is 32.9 Å². The number of hydrogen-bond acceptors (Lipinski definition) is 3. The maximum atomic E-state index is 4.56. The highest BCUT2D eigenvalue weighted by molar-refractivity contribution is 9.10. The van der Waals surface area contributed by atoms with Crippen LogP contribution in [-0.4, -0.2) is 10.7 Å². The molecule has 1 nitrogen and oxygen atoms in total. The molecule has 0 unspecified atom stereocenters. The van der Waals surface area contributed by atoms with Crippen LogP contribution in [-0.2, 0) is 6.42 Å². The molecule has 78 valence electrons. The lowest BCUT2D eigenvalue weighted by Gasteiger charge is -1.96. The summed E-state index contributed by atoms with van der Waals surface area (Å²) in [5.41, 5.74) is 2.21. The maximum Gasteiger partial charge on any atom is 0.0940 e. The fourth-order valence-corrected chi connectivity index (χ4v) is 2.87. The summed E-state index contributed by atoms with van der Waals surface area (Å²) in [6.07, 6.45) is 0.946. The largest absolute Gasteiger partial charge is 0.241 e. The number of aromatic nitrogens is 1. The average Bonchev–Trinajstić information content (AvgIpc) is 2.67. The summed E-state index contributed by atoms with van der Waals surface area (Å²) < 4.78 is 1.09. The highest BCUT2D eigenvalue weighted by Crippen LogP contribution is 2.24. The smallest absolute Gasteiger partial charge is 0.0940 e. The summed E-state index contributed by atoms with van der Waals surface area (Å²) in [5.74, 6) is 0.853. The van der Waals surface area contributed by atoms with Crippen molar-refractivity contribution in [3.05, 3.63) is 39.1 Å². The van der Waals surface area contributed by atoms with Gasteiger partial charge in [-0.15, -0.1) is 11.3 Å². The van der Waals surface area contributed by atoms with Crippen LogP contribution in [0.1, 0.15) is 5.01 Å². The molecule has 2 aromatic rings. The van der Waals surface area contributed by atoms with E-state index in [1.54, 1.807) is 11.3 Å². The van der Waals surface area contributed by atoms with E-state index in [-0.39, 0.29) is 0 Å². The number of thiol groups is 1. The summed E-state index contributed by atoms with van der Waals surface area (Å²) in [6, 6.07) is 8.20. The van der Waals surface area contributed by atoms with Crippen molar-refractivity contribution in [2.75, 3.05) is 5.75 Å². The Hall–Kier alpha value is -0.320. The Morgan fingerprint density at radius 1 is 1.40 bits per heavy atom. The van der Waals surface area contributed by atoms with Gasteiger partial charge in [0, 0.05) is 21.8 Å². The minimum Gasteiger partial charge on any atom is -0.241 e. The van der Waals surface area contributed by atoms with Gasteiger partial charge in [-0.05, 0) is 17.9 Å². The van der Waals surface area contributed by atoms with Crippen LogP contribution in [0.4, 0.5) is 0 Å². The van der Waals surface area contributed by atoms with E-state index in [0.29, 0.717) is 0 Å². The molecule has 4 heteroatoms. The van der Waals surface area contributed by atoms with Crippen LogP contribution < -0.4 is 0 Å².